The molecule has 84 valence electrons. The molecule has 16 heavy (non-hydrogen) atoms. The summed E-state index contributed by atoms with van der Waals surface area (Å²) in [4.78, 5) is 0. The van der Waals surface area contributed by atoms with Crippen LogP contribution in [0.1, 0.15) is 29.9 Å². The first-order valence-electron chi connectivity index (χ1n) is 5.87. The van der Waals surface area contributed by atoms with Gasteiger partial charge in [0.15, 0.2) is 0 Å². The molecule has 1 aromatic rings. The lowest BCUT2D eigenvalue weighted by Crippen LogP contribution is -2.05. The molecule has 1 unspecified atom stereocenters. The Kier molecular flexibility index (Phi) is 2.44. The minimum absolute atomic E-state index is 0.325. The van der Waals surface area contributed by atoms with Crippen molar-refractivity contribution in [3.05, 3.63) is 35.9 Å². The summed E-state index contributed by atoms with van der Waals surface area (Å²) in [5.74, 6) is 1.73. The summed E-state index contributed by atoms with van der Waals surface area (Å²) in [6, 6.07) is 6.32. The number of epoxide rings is 1. The van der Waals surface area contributed by atoms with Crippen molar-refractivity contribution in [2.24, 2.45) is 0 Å². The van der Waals surface area contributed by atoms with Gasteiger partial charge >= 0.3 is 0 Å². The van der Waals surface area contributed by atoms with Crippen molar-refractivity contribution >= 4 is 6.08 Å². The van der Waals surface area contributed by atoms with Crippen LogP contribution in [0.5, 0.6) is 5.75 Å². The standard InChI is InChI=1S/C14H16O2/c1-2-10-3-6-14(16-9-12-8-15-12)13(7-10)11-4-5-11/h2-3,6-7,11-12H,1,4-5,8-9H2. The van der Waals surface area contributed by atoms with Crippen LogP contribution in [-0.2, 0) is 4.74 Å². The van der Waals surface area contributed by atoms with E-state index in [2.05, 4.69) is 24.8 Å². The molecule has 0 spiro atoms. The van der Waals surface area contributed by atoms with Crippen molar-refractivity contribution < 1.29 is 9.47 Å². The van der Waals surface area contributed by atoms with Crippen molar-refractivity contribution in [1.82, 2.24) is 0 Å². The van der Waals surface area contributed by atoms with E-state index < -0.39 is 0 Å². The molecule has 1 atom stereocenters. The van der Waals surface area contributed by atoms with Crippen LogP contribution < -0.4 is 4.74 Å². The van der Waals surface area contributed by atoms with Crippen molar-refractivity contribution in [3.63, 3.8) is 0 Å². The minimum atomic E-state index is 0.325. The van der Waals surface area contributed by atoms with Gasteiger partial charge in [0.1, 0.15) is 18.5 Å². The van der Waals surface area contributed by atoms with Crippen LogP contribution in [0, 0.1) is 0 Å². The number of rotatable bonds is 5. The van der Waals surface area contributed by atoms with E-state index in [4.69, 9.17) is 9.47 Å². The molecule has 2 heteroatoms. The highest BCUT2D eigenvalue weighted by Gasteiger charge is 2.28. The Balaban J connectivity index is 1.80. The lowest BCUT2D eigenvalue weighted by atomic mass is 10.1. The van der Waals surface area contributed by atoms with E-state index in [1.165, 1.54) is 24.0 Å². The van der Waals surface area contributed by atoms with Gasteiger partial charge in [0.2, 0.25) is 0 Å². The normalized spacial score (nSPS) is 22.9. The molecule has 1 saturated carbocycles. The molecule has 1 heterocycles. The SMILES string of the molecule is C=Cc1ccc(OCC2CO2)c(C2CC2)c1. The summed E-state index contributed by atoms with van der Waals surface area (Å²) in [7, 11) is 0. The molecule has 1 aliphatic heterocycles. The van der Waals surface area contributed by atoms with Crippen LogP contribution >= 0.6 is 0 Å². The Bertz CT molecular complexity index is 403. The first-order chi connectivity index (χ1) is 7.86. The lowest BCUT2D eigenvalue weighted by molar-refractivity contribution is 0.261. The first-order valence-corrected chi connectivity index (χ1v) is 5.87. The zero-order valence-corrected chi connectivity index (χ0v) is 9.32. The summed E-state index contributed by atoms with van der Waals surface area (Å²) in [5.41, 5.74) is 2.52. The monoisotopic (exact) mass is 216 g/mol. The molecule has 1 aliphatic carbocycles. The van der Waals surface area contributed by atoms with Crippen LogP contribution in [-0.4, -0.2) is 19.3 Å². The molecular weight excluding hydrogens is 200 g/mol. The third-order valence-electron chi connectivity index (χ3n) is 3.11. The largest absolute Gasteiger partial charge is 0.490 e. The lowest BCUT2D eigenvalue weighted by Gasteiger charge is -2.11. The second-order valence-electron chi connectivity index (χ2n) is 4.54. The van der Waals surface area contributed by atoms with Gasteiger partial charge in [-0.3, -0.25) is 0 Å². The van der Waals surface area contributed by atoms with Crippen molar-refractivity contribution in [2.75, 3.05) is 13.2 Å². The zero-order chi connectivity index (χ0) is 11.0. The highest BCUT2D eigenvalue weighted by atomic mass is 16.6. The fourth-order valence-corrected chi connectivity index (χ4v) is 1.89. The summed E-state index contributed by atoms with van der Waals surface area (Å²) in [6.45, 7) is 5.34. The molecule has 1 saturated heterocycles. The quantitative estimate of drug-likeness (QED) is 0.706. The maximum absolute atomic E-state index is 5.80. The molecule has 3 rings (SSSR count). The second kappa shape index (κ2) is 3.95. The van der Waals surface area contributed by atoms with Crippen molar-refractivity contribution in [1.29, 1.82) is 0 Å². The van der Waals surface area contributed by atoms with Crippen LogP contribution in [0.15, 0.2) is 24.8 Å². The molecule has 0 radical (unpaired) electrons. The summed E-state index contributed by atoms with van der Waals surface area (Å²) < 4.78 is 11.0. The van der Waals surface area contributed by atoms with Gasteiger partial charge in [0, 0.05) is 0 Å². The van der Waals surface area contributed by atoms with Gasteiger partial charge in [0.05, 0.1) is 6.61 Å². The van der Waals surface area contributed by atoms with E-state index in [0.29, 0.717) is 18.6 Å². The first kappa shape index (κ1) is 9.91. The van der Waals surface area contributed by atoms with Crippen molar-refractivity contribution in [2.45, 2.75) is 24.9 Å². The number of benzene rings is 1. The topological polar surface area (TPSA) is 21.8 Å². The van der Waals surface area contributed by atoms with E-state index >= 15 is 0 Å². The van der Waals surface area contributed by atoms with E-state index in [1.54, 1.807) is 0 Å². The molecular formula is C14H16O2. The number of ether oxygens (including phenoxy) is 2. The third kappa shape index (κ3) is 2.12. The molecule has 2 aliphatic rings. The van der Waals surface area contributed by atoms with Crippen LogP contribution in [0.4, 0.5) is 0 Å². The Labute approximate surface area is 95.9 Å². The van der Waals surface area contributed by atoms with Crippen molar-refractivity contribution in [3.8, 4) is 5.75 Å². The fraction of sp³-hybridized carbons (Fsp3) is 0.429. The predicted octanol–water partition coefficient (Wildman–Crippen LogP) is 2.98. The molecule has 0 amide bonds. The van der Waals surface area contributed by atoms with Crippen LogP contribution in [0.25, 0.3) is 6.08 Å². The molecule has 0 N–H and O–H groups in total. The van der Waals surface area contributed by atoms with Gasteiger partial charge in [-0.15, -0.1) is 0 Å². The second-order valence-corrected chi connectivity index (χ2v) is 4.54. The average molecular weight is 216 g/mol. The zero-order valence-electron chi connectivity index (χ0n) is 9.32. The van der Waals surface area contributed by atoms with Gasteiger partial charge < -0.3 is 9.47 Å². The van der Waals surface area contributed by atoms with Gasteiger partial charge in [0.25, 0.3) is 0 Å². The van der Waals surface area contributed by atoms with E-state index in [-0.39, 0.29) is 0 Å². The van der Waals surface area contributed by atoms with Crippen LogP contribution in [0.3, 0.4) is 0 Å². The maximum Gasteiger partial charge on any atom is 0.122 e. The minimum Gasteiger partial charge on any atom is -0.490 e. The van der Waals surface area contributed by atoms with Gasteiger partial charge in [-0.1, -0.05) is 18.7 Å². The summed E-state index contributed by atoms with van der Waals surface area (Å²) in [6.07, 6.45) is 4.79. The molecule has 2 nitrogen and oxygen atoms in total. The van der Waals surface area contributed by atoms with Gasteiger partial charge in [-0.2, -0.15) is 0 Å². The average Bonchev–Trinajstić information content (AvgIpc) is 3.18. The predicted molar refractivity (Wildman–Crippen MR) is 63.7 cm³/mol. The number of hydrogen-bond acceptors (Lipinski definition) is 2. The maximum atomic E-state index is 5.80. The molecule has 0 bridgehead atoms. The summed E-state index contributed by atoms with van der Waals surface area (Å²) >= 11 is 0. The Morgan fingerprint density at radius 3 is 2.88 bits per heavy atom. The van der Waals surface area contributed by atoms with Gasteiger partial charge in [-0.25, -0.2) is 0 Å². The Morgan fingerprint density at radius 2 is 2.25 bits per heavy atom. The van der Waals surface area contributed by atoms with Crippen LogP contribution in [0.2, 0.25) is 0 Å². The molecule has 0 aromatic heterocycles. The van der Waals surface area contributed by atoms with Gasteiger partial charge in [-0.05, 0) is 42.0 Å². The third-order valence-corrected chi connectivity index (χ3v) is 3.11. The number of hydrogen-bond donors (Lipinski definition) is 0. The molecule has 1 aromatic carbocycles. The fourth-order valence-electron chi connectivity index (χ4n) is 1.89. The highest BCUT2D eigenvalue weighted by Crippen LogP contribution is 2.44. The van der Waals surface area contributed by atoms with E-state index in [9.17, 15) is 0 Å². The Morgan fingerprint density at radius 1 is 1.44 bits per heavy atom. The molecule has 2 fully saturated rings. The summed E-state index contributed by atoms with van der Waals surface area (Å²) in [5, 5.41) is 0. The highest BCUT2D eigenvalue weighted by molar-refractivity contribution is 5.53. The Hall–Kier alpha value is -1.28. The van der Waals surface area contributed by atoms with E-state index in [0.717, 1.165) is 12.4 Å². The van der Waals surface area contributed by atoms with E-state index in [1.807, 2.05) is 6.08 Å². The smallest absolute Gasteiger partial charge is 0.122 e.